The van der Waals surface area contributed by atoms with Gasteiger partial charge in [0.1, 0.15) is 11.4 Å². The number of hydrogen-bond acceptors (Lipinski definition) is 3. The molecule has 0 fully saturated rings. The van der Waals surface area contributed by atoms with Crippen LogP contribution >= 0.6 is 11.6 Å². The summed E-state index contributed by atoms with van der Waals surface area (Å²) < 4.78 is 3.39. The van der Waals surface area contributed by atoms with Gasteiger partial charge in [0.05, 0.1) is 24.0 Å². The van der Waals surface area contributed by atoms with Gasteiger partial charge >= 0.3 is 0 Å². The van der Waals surface area contributed by atoms with E-state index >= 15 is 0 Å². The normalized spacial score (nSPS) is 13.0. The molecule has 15 heavy (non-hydrogen) atoms. The predicted molar refractivity (Wildman–Crippen MR) is 57.0 cm³/mol. The smallest absolute Gasteiger partial charge is 0.104 e. The van der Waals surface area contributed by atoms with Crippen LogP contribution in [0.15, 0.2) is 18.6 Å². The molecule has 2 aromatic heterocycles. The Kier molecular flexibility index (Phi) is 2.73. The number of aromatic nitrogens is 5. The van der Waals surface area contributed by atoms with Crippen molar-refractivity contribution in [1.82, 2.24) is 24.8 Å². The highest BCUT2D eigenvalue weighted by Gasteiger charge is 2.11. The van der Waals surface area contributed by atoms with E-state index in [1.165, 1.54) is 0 Å². The summed E-state index contributed by atoms with van der Waals surface area (Å²) in [6.45, 7) is 2.01. The molecule has 0 aliphatic heterocycles. The van der Waals surface area contributed by atoms with Crippen molar-refractivity contribution >= 4 is 11.6 Å². The zero-order valence-corrected chi connectivity index (χ0v) is 9.39. The number of alkyl halides is 1. The Morgan fingerprint density at radius 2 is 2.27 bits per heavy atom. The summed E-state index contributed by atoms with van der Waals surface area (Å²) in [5, 5.41) is 12.0. The molecule has 2 heterocycles. The Hall–Kier alpha value is -1.36. The third-order valence-corrected chi connectivity index (χ3v) is 2.68. The van der Waals surface area contributed by atoms with Crippen molar-refractivity contribution in [2.24, 2.45) is 7.05 Å². The van der Waals surface area contributed by atoms with Crippen LogP contribution in [0.3, 0.4) is 0 Å². The number of aryl methyl sites for hydroxylation is 1. The molecule has 0 aromatic carbocycles. The van der Waals surface area contributed by atoms with Crippen molar-refractivity contribution in [2.75, 3.05) is 0 Å². The summed E-state index contributed by atoms with van der Waals surface area (Å²) in [5.41, 5.74) is 1.68. The Labute approximate surface area is 92.7 Å². The van der Waals surface area contributed by atoms with Gasteiger partial charge in [-0.3, -0.25) is 4.68 Å². The number of hydrogen-bond donors (Lipinski definition) is 0. The van der Waals surface area contributed by atoms with Crippen molar-refractivity contribution in [3.63, 3.8) is 0 Å². The Morgan fingerprint density at radius 3 is 2.87 bits per heavy atom. The summed E-state index contributed by atoms with van der Waals surface area (Å²) in [5.74, 6) is 0. The Bertz CT molecular complexity index is 447. The molecule has 1 atom stereocenters. The van der Waals surface area contributed by atoms with Crippen molar-refractivity contribution in [2.45, 2.75) is 18.7 Å². The van der Waals surface area contributed by atoms with E-state index in [4.69, 9.17) is 11.6 Å². The van der Waals surface area contributed by atoms with Gasteiger partial charge in [-0.25, -0.2) is 4.68 Å². The number of rotatable bonds is 3. The molecule has 0 aliphatic rings. The first-order chi connectivity index (χ1) is 7.20. The topological polar surface area (TPSA) is 48.5 Å². The second-order valence-corrected chi connectivity index (χ2v) is 3.86. The standard InChI is InChI=1S/C9H12ClN5/c1-3-8(10)9-6-15(13-12-9)7-4-11-14(2)5-7/h4-6,8H,3H2,1-2H3. The quantitative estimate of drug-likeness (QED) is 0.747. The van der Waals surface area contributed by atoms with E-state index in [1.54, 1.807) is 15.6 Å². The highest BCUT2D eigenvalue weighted by molar-refractivity contribution is 6.20. The van der Waals surface area contributed by atoms with E-state index < -0.39 is 0 Å². The van der Waals surface area contributed by atoms with Crippen LogP contribution in [0.1, 0.15) is 24.4 Å². The Morgan fingerprint density at radius 1 is 1.47 bits per heavy atom. The maximum atomic E-state index is 6.06. The molecule has 0 amide bonds. The molecule has 1 unspecified atom stereocenters. The fraction of sp³-hybridized carbons (Fsp3) is 0.444. The number of halogens is 1. The zero-order valence-electron chi connectivity index (χ0n) is 8.63. The molecule has 2 aromatic rings. The average molecular weight is 226 g/mol. The van der Waals surface area contributed by atoms with Crippen LogP contribution in [0, 0.1) is 0 Å². The molecule has 6 heteroatoms. The molecule has 0 N–H and O–H groups in total. The minimum atomic E-state index is -0.0737. The summed E-state index contributed by atoms with van der Waals surface area (Å²) in [7, 11) is 1.86. The molecule has 0 saturated heterocycles. The van der Waals surface area contributed by atoms with Crippen molar-refractivity contribution in [1.29, 1.82) is 0 Å². The van der Waals surface area contributed by atoms with E-state index in [9.17, 15) is 0 Å². The highest BCUT2D eigenvalue weighted by atomic mass is 35.5. The minimum absolute atomic E-state index is 0.0737. The van der Waals surface area contributed by atoms with E-state index in [0.29, 0.717) is 0 Å². The molecule has 5 nitrogen and oxygen atoms in total. The third kappa shape index (κ3) is 2.02. The third-order valence-electron chi connectivity index (χ3n) is 2.15. The van der Waals surface area contributed by atoms with Crippen LogP contribution in [0.5, 0.6) is 0 Å². The second kappa shape index (κ2) is 4.02. The first kappa shape index (κ1) is 10.2. The van der Waals surface area contributed by atoms with Crippen LogP contribution in [-0.2, 0) is 7.05 Å². The second-order valence-electron chi connectivity index (χ2n) is 3.34. The lowest BCUT2D eigenvalue weighted by Gasteiger charge is -1.98. The molecule has 0 radical (unpaired) electrons. The molecule has 0 bridgehead atoms. The molecule has 80 valence electrons. The molecular formula is C9H12ClN5. The molecule has 2 rings (SSSR count). The zero-order chi connectivity index (χ0) is 10.8. The maximum absolute atomic E-state index is 6.06. The lowest BCUT2D eigenvalue weighted by atomic mass is 10.3. The Balaban J connectivity index is 2.27. The van der Waals surface area contributed by atoms with Crippen molar-refractivity contribution < 1.29 is 0 Å². The van der Waals surface area contributed by atoms with Gasteiger partial charge in [0.15, 0.2) is 0 Å². The molecular weight excluding hydrogens is 214 g/mol. The van der Waals surface area contributed by atoms with Gasteiger partial charge in [-0.15, -0.1) is 16.7 Å². The van der Waals surface area contributed by atoms with Gasteiger partial charge in [-0.05, 0) is 6.42 Å². The van der Waals surface area contributed by atoms with E-state index in [2.05, 4.69) is 15.4 Å². The van der Waals surface area contributed by atoms with Crippen molar-refractivity contribution in [3.05, 3.63) is 24.3 Å². The van der Waals surface area contributed by atoms with Gasteiger partial charge in [0.2, 0.25) is 0 Å². The largest absolute Gasteiger partial charge is 0.274 e. The van der Waals surface area contributed by atoms with Crippen LogP contribution in [0.4, 0.5) is 0 Å². The summed E-state index contributed by atoms with van der Waals surface area (Å²) >= 11 is 6.06. The van der Waals surface area contributed by atoms with Gasteiger partial charge in [0, 0.05) is 7.05 Å². The van der Waals surface area contributed by atoms with Crippen molar-refractivity contribution in [3.8, 4) is 5.69 Å². The fourth-order valence-electron chi connectivity index (χ4n) is 1.28. The highest BCUT2D eigenvalue weighted by Crippen LogP contribution is 2.21. The van der Waals surface area contributed by atoms with Gasteiger partial charge in [-0.1, -0.05) is 12.1 Å². The molecule has 0 spiro atoms. The lowest BCUT2D eigenvalue weighted by molar-refractivity contribution is 0.762. The first-order valence-corrected chi connectivity index (χ1v) is 5.19. The fourth-order valence-corrected chi connectivity index (χ4v) is 1.38. The average Bonchev–Trinajstić information content (AvgIpc) is 2.84. The molecule has 0 saturated carbocycles. The van der Waals surface area contributed by atoms with Crippen LogP contribution < -0.4 is 0 Å². The predicted octanol–water partition coefficient (Wildman–Crippen LogP) is 1.69. The summed E-state index contributed by atoms with van der Waals surface area (Å²) in [4.78, 5) is 0. The first-order valence-electron chi connectivity index (χ1n) is 4.76. The SMILES string of the molecule is CCC(Cl)c1cn(-c2cnn(C)c2)nn1. The monoisotopic (exact) mass is 225 g/mol. The lowest BCUT2D eigenvalue weighted by Crippen LogP contribution is -1.92. The van der Waals surface area contributed by atoms with Gasteiger partial charge < -0.3 is 0 Å². The molecule has 0 aliphatic carbocycles. The van der Waals surface area contributed by atoms with E-state index in [-0.39, 0.29) is 5.38 Å². The van der Waals surface area contributed by atoms with E-state index in [1.807, 2.05) is 26.4 Å². The maximum Gasteiger partial charge on any atom is 0.104 e. The van der Waals surface area contributed by atoms with E-state index in [0.717, 1.165) is 17.8 Å². The van der Waals surface area contributed by atoms with Crippen LogP contribution in [0.2, 0.25) is 0 Å². The van der Waals surface area contributed by atoms with Gasteiger partial charge in [0.25, 0.3) is 0 Å². The summed E-state index contributed by atoms with van der Waals surface area (Å²) in [6.07, 6.45) is 6.27. The van der Waals surface area contributed by atoms with Gasteiger partial charge in [-0.2, -0.15) is 5.10 Å². The summed E-state index contributed by atoms with van der Waals surface area (Å²) in [6, 6.07) is 0. The van der Waals surface area contributed by atoms with Crippen LogP contribution in [-0.4, -0.2) is 24.8 Å². The minimum Gasteiger partial charge on any atom is -0.274 e. The number of nitrogens with zero attached hydrogens (tertiary/aromatic N) is 5. The van der Waals surface area contributed by atoms with Crippen LogP contribution in [0.25, 0.3) is 5.69 Å².